The van der Waals surface area contributed by atoms with Crippen LogP contribution >= 0.6 is 0 Å². The Morgan fingerprint density at radius 2 is 2.13 bits per heavy atom. The highest BCUT2D eigenvalue weighted by Gasteiger charge is 2.10. The van der Waals surface area contributed by atoms with Crippen LogP contribution in [0.3, 0.4) is 0 Å². The van der Waals surface area contributed by atoms with Crippen LogP contribution in [0, 0.1) is 11.6 Å². The molecule has 0 saturated heterocycles. The predicted molar refractivity (Wildman–Crippen MR) is 56.4 cm³/mol. The molecule has 3 N–H and O–H groups in total. The molecule has 0 amide bonds. The minimum atomic E-state index is -0.855. The third-order valence-electron chi connectivity index (χ3n) is 2.09. The van der Waals surface area contributed by atoms with E-state index >= 15 is 0 Å². The molecule has 4 heteroatoms. The monoisotopic (exact) mass is 212 g/mol. The fourth-order valence-electron chi connectivity index (χ4n) is 1.29. The summed E-state index contributed by atoms with van der Waals surface area (Å²) in [5, 5.41) is 3.05. The van der Waals surface area contributed by atoms with Crippen LogP contribution in [0.1, 0.15) is 11.6 Å². The van der Waals surface area contributed by atoms with Crippen LogP contribution in [0.4, 0.5) is 8.78 Å². The Bertz CT molecular complexity index is 339. The van der Waals surface area contributed by atoms with E-state index in [4.69, 9.17) is 5.73 Å². The molecule has 0 aliphatic rings. The van der Waals surface area contributed by atoms with Crippen molar-refractivity contribution in [3.05, 3.63) is 48.1 Å². The van der Waals surface area contributed by atoms with Gasteiger partial charge in [-0.1, -0.05) is 12.1 Å². The maximum absolute atomic E-state index is 12.9. The first-order valence-electron chi connectivity index (χ1n) is 4.68. The van der Waals surface area contributed by atoms with Crippen molar-refractivity contribution in [1.29, 1.82) is 0 Å². The molecule has 0 fully saturated rings. The van der Waals surface area contributed by atoms with Crippen LogP contribution in [-0.2, 0) is 0 Å². The van der Waals surface area contributed by atoms with Crippen molar-refractivity contribution in [2.75, 3.05) is 13.1 Å². The Morgan fingerprint density at radius 3 is 2.67 bits per heavy atom. The van der Waals surface area contributed by atoms with E-state index in [0.29, 0.717) is 18.7 Å². The van der Waals surface area contributed by atoms with Gasteiger partial charge >= 0.3 is 0 Å². The van der Waals surface area contributed by atoms with Crippen molar-refractivity contribution in [1.82, 2.24) is 5.32 Å². The second-order valence-corrected chi connectivity index (χ2v) is 3.16. The van der Waals surface area contributed by atoms with Crippen LogP contribution < -0.4 is 11.1 Å². The summed E-state index contributed by atoms with van der Waals surface area (Å²) in [6, 6.07) is 3.59. The quantitative estimate of drug-likeness (QED) is 0.729. The molecule has 2 nitrogen and oxygen atoms in total. The normalized spacial score (nSPS) is 12.5. The van der Waals surface area contributed by atoms with Crippen molar-refractivity contribution in [3.63, 3.8) is 0 Å². The molecule has 0 aliphatic heterocycles. The molecule has 0 saturated carbocycles. The van der Waals surface area contributed by atoms with Gasteiger partial charge in [0.1, 0.15) is 0 Å². The minimum absolute atomic E-state index is 0.182. The van der Waals surface area contributed by atoms with Crippen LogP contribution in [0.5, 0.6) is 0 Å². The van der Waals surface area contributed by atoms with E-state index in [1.54, 1.807) is 6.08 Å². The molecule has 0 heterocycles. The number of nitrogens with one attached hydrogen (secondary N) is 1. The Hall–Kier alpha value is -1.26. The van der Waals surface area contributed by atoms with Crippen LogP contribution in [0.2, 0.25) is 0 Å². The van der Waals surface area contributed by atoms with Crippen LogP contribution in [0.25, 0.3) is 0 Å². The topological polar surface area (TPSA) is 38.0 Å². The standard InChI is InChI=1S/C11H14F2N2/c1-2-5-15-11(7-14)8-3-4-9(12)10(13)6-8/h2-4,6,11,15H,1,5,7,14H2. The summed E-state index contributed by atoms with van der Waals surface area (Å²) in [6.45, 7) is 4.44. The largest absolute Gasteiger partial charge is 0.329 e. The van der Waals surface area contributed by atoms with Crippen molar-refractivity contribution in [2.24, 2.45) is 5.73 Å². The van der Waals surface area contributed by atoms with Gasteiger partial charge in [-0.15, -0.1) is 6.58 Å². The molecule has 1 rings (SSSR count). The number of hydrogen-bond donors (Lipinski definition) is 2. The van der Waals surface area contributed by atoms with E-state index in [1.807, 2.05) is 0 Å². The summed E-state index contributed by atoms with van der Waals surface area (Å²) < 4.78 is 25.6. The number of benzene rings is 1. The minimum Gasteiger partial charge on any atom is -0.329 e. The lowest BCUT2D eigenvalue weighted by Gasteiger charge is -2.16. The van der Waals surface area contributed by atoms with Gasteiger partial charge in [-0.2, -0.15) is 0 Å². The highest BCUT2D eigenvalue weighted by Crippen LogP contribution is 2.15. The second-order valence-electron chi connectivity index (χ2n) is 3.16. The van der Waals surface area contributed by atoms with Crippen molar-refractivity contribution >= 4 is 0 Å². The molecule has 1 atom stereocenters. The zero-order valence-corrected chi connectivity index (χ0v) is 8.34. The van der Waals surface area contributed by atoms with E-state index in [-0.39, 0.29) is 6.04 Å². The van der Waals surface area contributed by atoms with Gasteiger partial charge < -0.3 is 11.1 Å². The summed E-state index contributed by atoms with van der Waals surface area (Å²) in [4.78, 5) is 0. The number of halogens is 2. The lowest BCUT2D eigenvalue weighted by atomic mass is 10.1. The first-order chi connectivity index (χ1) is 7.19. The molecule has 0 aliphatic carbocycles. The highest BCUT2D eigenvalue weighted by atomic mass is 19.2. The van der Waals surface area contributed by atoms with Gasteiger partial charge in [0, 0.05) is 19.1 Å². The predicted octanol–water partition coefficient (Wildman–Crippen LogP) is 1.74. The average Bonchev–Trinajstić information content (AvgIpc) is 2.24. The number of hydrogen-bond acceptors (Lipinski definition) is 2. The molecular weight excluding hydrogens is 198 g/mol. The maximum atomic E-state index is 12.9. The molecule has 0 bridgehead atoms. The molecule has 0 spiro atoms. The smallest absolute Gasteiger partial charge is 0.159 e. The SMILES string of the molecule is C=CCNC(CN)c1ccc(F)c(F)c1. The molecule has 15 heavy (non-hydrogen) atoms. The van der Waals surface area contributed by atoms with Gasteiger partial charge in [0.15, 0.2) is 11.6 Å². The van der Waals surface area contributed by atoms with E-state index < -0.39 is 11.6 Å². The Balaban J connectivity index is 2.82. The van der Waals surface area contributed by atoms with E-state index in [0.717, 1.165) is 12.1 Å². The highest BCUT2D eigenvalue weighted by molar-refractivity contribution is 5.21. The van der Waals surface area contributed by atoms with Gasteiger partial charge in [-0.25, -0.2) is 8.78 Å². The third kappa shape index (κ3) is 3.11. The fraction of sp³-hybridized carbons (Fsp3) is 0.273. The summed E-state index contributed by atoms with van der Waals surface area (Å²) >= 11 is 0. The van der Waals surface area contributed by atoms with Crippen molar-refractivity contribution in [2.45, 2.75) is 6.04 Å². The van der Waals surface area contributed by atoms with E-state index in [2.05, 4.69) is 11.9 Å². The lowest BCUT2D eigenvalue weighted by Crippen LogP contribution is -2.28. The molecule has 0 radical (unpaired) electrons. The van der Waals surface area contributed by atoms with E-state index in [9.17, 15) is 8.78 Å². The van der Waals surface area contributed by atoms with Crippen molar-refractivity contribution < 1.29 is 8.78 Å². The van der Waals surface area contributed by atoms with Crippen molar-refractivity contribution in [3.8, 4) is 0 Å². The van der Waals surface area contributed by atoms with Gasteiger partial charge in [-0.05, 0) is 17.7 Å². The van der Waals surface area contributed by atoms with Gasteiger partial charge in [-0.3, -0.25) is 0 Å². The lowest BCUT2D eigenvalue weighted by molar-refractivity contribution is 0.500. The van der Waals surface area contributed by atoms with E-state index in [1.165, 1.54) is 6.07 Å². The average molecular weight is 212 g/mol. The zero-order valence-electron chi connectivity index (χ0n) is 8.34. The van der Waals surface area contributed by atoms with Crippen LogP contribution in [0.15, 0.2) is 30.9 Å². The van der Waals surface area contributed by atoms with Crippen LogP contribution in [-0.4, -0.2) is 13.1 Å². The zero-order chi connectivity index (χ0) is 11.3. The second kappa shape index (κ2) is 5.58. The first kappa shape index (κ1) is 11.8. The Morgan fingerprint density at radius 1 is 1.40 bits per heavy atom. The molecular formula is C11H14F2N2. The number of rotatable bonds is 5. The molecule has 1 aromatic carbocycles. The van der Waals surface area contributed by atoms with Gasteiger partial charge in [0.2, 0.25) is 0 Å². The maximum Gasteiger partial charge on any atom is 0.159 e. The summed E-state index contributed by atoms with van der Waals surface area (Å²) in [5.41, 5.74) is 6.16. The third-order valence-corrected chi connectivity index (χ3v) is 2.09. The van der Waals surface area contributed by atoms with Gasteiger partial charge in [0.25, 0.3) is 0 Å². The summed E-state index contributed by atoms with van der Waals surface area (Å²) in [7, 11) is 0. The number of nitrogens with two attached hydrogens (primary N) is 1. The molecule has 82 valence electrons. The molecule has 0 aromatic heterocycles. The Labute approximate surface area is 87.8 Å². The molecule has 1 aromatic rings. The summed E-state index contributed by atoms with van der Waals surface area (Å²) in [6.07, 6.45) is 1.68. The molecule has 1 unspecified atom stereocenters. The first-order valence-corrected chi connectivity index (χ1v) is 4.68. The Kier molecular flexibility index (Phi) is 4.39. The van der Waals surface area contributed by atoms with Gasteiger partial charge in [0.05, 0.1) is 0 Å². The summed E-state index contributed by atoms with van der Waals surface area (Å²) in [5.74, 6) is -1.70. The fourth-order valence-corrected chi connectivity index (χ4v) is 1.29.